The highest BCUT2D eigenvalue weighted by Crippen LogP contribution is 2.41. The van der Waals surface area contributed by atoms with Gasteiger partial charge >= 0.3 is 0 Å². The molecule has 0 radical (unpaired) electrons. The van der Waals surface area contributed by atoms with E-state index in [0.717, 1.165) is 6.42 Å². The van der Waals surface area contributed by atoms with Crippen molar-refractivity contribution < 1.29 is 4.79 Å². The van der Waals surface area contributed by atoms with Crippen LogP contribution in [0, 0.1) is 5.41 Å². The summed E-state index contributed by atoms with van der Waals surface area (Å²) in [6.45, 7) is 4.41. The molecule has 0 atom stereocenters. The lowest BCUT2D eigenvalue weighted by Gasteiger charge is -2.31. The summed E-state index contributed by atoms with van der Waals surface area (Å²) in [6, 6.07) is 10.2. The third-order valence-corrected chi connectivity index (χ3v) is 3.12. The second-order valence-electron chi connectivity index (χ2n) is 4.77. The highest BCUT2D eigenvalue weighted by atomic mass is 16.1. The van der Waals surface area contributed by atoms with E-state index in [0.29, 0.717) is 6.42 Å². The molecule has 78 valence electrons. The van der Waals surface area contributed by atoms with Crippen LogP contribution in [0.15, 0.2) is 36.4 Å². The van der Waals surface area contributed by atoms with Crippen molar-refractivity contribution >= 4 is 11.4 Å². The van der Waals surface area contributed by atoms with Gasteiger partial charge in [0.15, 0.2) is 5.78 Å². The Bertz CT molecular complexity index is 399. The lowest BCUT2D eigenvalue weighted by Crippen LogP contribution is -2.20. The van der Waals surface area contributed by atoms with E-state index in [9.17, 15) is 4.79 Å². The van der Waals surface area contributed by atoms with Crippen LogP contribution in [0.5, 0.6) is 0 Å². The van der Waals surface area contributed by atoms with Gasteiger partial charge in [0.05, 0.1) is 0 Å². The molecule has 0 saturated carbocycles. The van der Waals surface area contributed by atoms with Crippen LogP contribution < -0.4 is 0 Å². The molecule has 0 heterocycles. The Morgan fingerprint density at radius 1 is 1.13 bits per heavy atom. The molecule has 1 nitrogen and oxygen atoms in total. The van der Waals surface area contributed by atoms with Crippen molar-refractivity contribution in [3.05, 3.63) is 42.0 Å². The number of hydrogen-bond donors (Lipinski definition) is 0. The highest BCUT2D eigenvalue weighted by molar-refractivity contribution is 5.99. The molecule has 0 amide bonds. The zero-order valence-corrected chi connectivity index (χ0v) is 9.29. The van der Waals surface area contributed by atoms with Crippen molar-refractivity contribution in [1.29, 1.82) is 0 Å². The molecule has 0 spiro atoms. The molecule has 0 N–H and O–H groups in total. The molecule has 15 heavy (non-hydrogen) atoms. The maximum atomic E-state index is 11.5. The van der Waals surface area contributed by atoms with Crippen LogP contribution in [0.2, 0.25) is 0 Å². The van der Waals surface area contributed by atoms with Crippen LogP contribution in [-0.2, 0) is 4.79 Å². The molecule has 1 aromatic carbocycles. The zero-order valence-electron chi connectivity index (χ0n) is 9.29. The van der Waals surface area contributed by atoms with E-state index in [2.05, 4.69) is 26.0 Å². The minimum atomic E-state index is 0.120. The topological polar surface area (TPSA) is 17.1 Å². The van der Waals surface area contributed by atoms with Crippen molar-refractivity contribution in [2.45, 2.75) is 26.7 Å². The molecule has 0 fully saturated rings. The van der Waals surface area contributed by atoms with Gasteiger partial charge in [0.2, 0.25) is 0 Å². The first-order valence-corrected chi connectivity index (χ1v) is 5.40. The molecule has 0 bridgehead atoms. The second-order valence-corrected chi connectivity index (χ2v) is 4.77. The number of benzene rings is 1. The molecule has 0 saturated heterocycles. The van der Waals surface area contributed by atoms with Gasteiger partial charge in [0.25, 0.3) is 0 Å². The van der Waals surface area contributed by atoms with Gasteiger partial charge in [0.1, 0.15) is 0 Å². The number of hydrogen-bond acceptors (Lipinski definition) is 1. The molecule has 0 aliphatic heterocycles. The SMILES string of the molecule is CC1(C)CCC(=O)C=C1c1ccccc1. The molecular weight excluding hydrogens is 184 g/mol. The number of allylic oxidation sites excluding steroid dienone is 2. The van der Waals surface area contributed by atoms with E-state index in [4.69, 9.17) is 0 Å². The average molecular weight is 200 g/mol. The fourth-order valence-electron chi connectivity index (χ4n) is 2.09. The van der Waals surface area contributed by atoms with Gasteiger partial charge < -0.3 is 0 Å². The molecule has 0 aromatic heterocycles. The van der Waals surface area contributed by atoms with Gasteiger partial charge in [0, 0.05) is 6.42 Å². The Balaban J connectivity index is 2.46. The smallest absolute Gasteiger partial charge is 0.156 e. The summed E-state index contributed by atoms with van der Waals surface area (Å²) in [7, 11) is 0. The summed E-state index contributed by atoms with van der Waals surface area (Å²) < 4.78 is 0. The Labute approximate surface area is 90.8 Å². The van der Waals surface area contributed by atoms with Gasteiger partial charge in [-0.3, -0.25) is 4.79 Å². The maximum absolute atomic E-state index is 11.5. The van der Waals surface area contributed by atoms with E-state index in [-0.39, 0.29) is 11.2 Å². The summed E-state index contributed by atoms with van der Waals surface area (Å²) in [5, 5.41) is 0. The van der Waals surface area contributed by atoms with Crippen LogP contribution in [0.4, 0.5) is 0 Å². The molecule has 1 aliphatic rings. The number of ketones is 1. The normalized spacial score (nSPS) is 19.9. The van der Waals surface area contributed by atoms with Crippen LogP contribution in [-0.4, -0.2) is 5.78 Å². The highest BCUT2D eigenvalue weighted by Gasteiger charge is 2.29. The Morgan fingerprint density at radius 2 is 1.80 bits per heavy atom. The third-order valence-electron chi connectivity index (χ3n) is 3.12. The third kappa shape index (κ3) is 2.01. The summed E-state index contributed by atoms with van der Waals surface area (Å²) >= 11 is 0. The molecule has 2 rings (SSSR count). The zero-order chi connectivity index (χ0) is 10.9. The minimum Gasteiger partial charge on any atom is -0.295 e. The predicted octanol–water partition coefficient (Wildman–Crippen LogP) is 3.46. The number of rotatable bonds is 1. The van der Waals surface area contributed by atoms with Crippen LogP contribution in [0.1, 0.15) is 32.3 Å². The van der Waals surface area contributed by atoms with Gasteiger partial charge in [-0.05, 0) is 29.0 Å². The second kappa shape index (κ2) is 3.65. The first kappa shape index (κ1) is 10.2. The molecule has 1 aliphatic carbocycles. The Hall–Kier alpha value is -1.37. The molecule has 1 aromatic rings. The summed E-state index contributed by atoms with van der Waals surface area (Å²) in [4.78, 5) is 11.5. The fraction of sp³-hybridized carbons (Fsp3) is 0.357. The van der Waals surface area contributed by atoms with Crippen molar-refractivity contribution in [1.82, 2.24) is 0 Å². The van der Waals surface area contributed by atoms with E-state index < -0.39 is 0 Å². The Morgan fingerprint density at radius 3 is 2.47 bits per heavy atom. The maximum Gasteiger partial charge on any atom is 0.156 e. The molecular formula is C14H16O. The van der Waals surface area contributed by atoms with Gasteiger partial charge in [-0.1, -0.05) is 44.2 Å². The Kier molecular flexibility index (Phi) is 2.47. The first-order chi connectivity index (χ1) is 7.09. The van der Waals surface area contributed by atoms with Crippen molar-refractivity contribution in [3.8, 4) is 0 Å². The van der Waals surface area contributed by atoms with E-state index in [1.165, 1.54) is 11.1 Å². The van der Waals surface area contributed by atoms with Gasteiger partial charge in [-0.2, -0.15) is 0 Å². The summed E-state index contributed by atoms with van der Waals surface area (Å²) in [5.74, 6) is 0.258. The molecule has 1 heteroatoms. The van der Waals surface area contributed by atoms with Crippen molar-refractivity contribution in [2.24, 2.45) is 5.41 Å². The van der Waals surface area contributed by atoms with E-state index in [1.807, 2.05) is 24.3 Å². The minimum absolute atomic E-state index is 0.120. The van der Waals surface area contributed by atoms with Crippen molar-refractivity contribution in [2.75, 3.05) is 0 Å². The van der Waals surface area contributed by atoms with E-state index >= 15 is 0 Å². The van der Waals surface area contributed by atoms with Gasteiger partial charge in [-0.15, -0.1) is 0 Å². The quantitative estimate of drug-likeness (QED) is 0.678. The molecule has 0 unspecified atom stereocenters. The monoisotopic (exact) mass is 200 g/mol. The van der Waals surface area contributed by atoms with Gasteiger partial charge in [-0.25, -0.2) is 0 Å². The van der Waals surface area contributed by atoms with Crippen LogP contribution >= 0.6 is 0 Å². The van der Waals surface area contributed by atoms with Crippen LogP contribution in [0.3, 0.4) is 0 Å². The number of carbonyl (C=O) groups excluding carboxylic acids is 1. The average Bonchev–Trinajstić information content (AvgIpc) is 2.23. The standard InChI is InChI=1S/C14H16O/c1-14(2)9-8-12(15)10-13(14)11-6-4-3-5-7-11/h3-7,10H,8-9H2,1-2H3. The lowest BCUT2D eigenvalue weighted by atomic mass is 9.73. The lowest BCUT2D eigenvalue weighted by molar-refractivity contribution is -0.115. The number of carbonyl (C=O) groups is 1. The van der Waals surface area contributed by atoms with Crippen molar-refractivity contribution in [3.63, 3.8) is 0 Å². The summed E-state index contributed by atoms with van der Waals surface area (Å²) in [5.41, 5.74) is 2.48. The van der Waals surface area contributed by atoms with Crippen LogP contribution in [0.25, 0.3) is 5.57 Å². The fourth-order valence-corrected chi connectivity index (χ4v) is 2.09. The largest absolute Gasteiger partial charge is 0.295 e. The van der Waals surface area contributed by atoms with E-state index in [1.54, 1.807) is 0 Å². The first-order valence-electron chi connectivity index (χ1n) is 5.40. The summed E-state index contributed by atoms with van der Waals surface area (Å²) in [6.07, 6.45) is 3.45. The predicted molar refractivity (Wildman–Crippen MR) is 62.4 cm³/mol.